The minimum absolute atomic E-state index is 0.0543. The highest BCUT2D eigenvalue weighted by atomic mass is 32.2. The molecule has 1 aromatic carbocycles. The maximum Gasteiger partial charge on any atom is 0.313 e. The lowest BCUT2D eigenvalue weighted by Gasteiger charge is -2.04. The van der Waals surface area contributed by atoms with E-state index in [-0.39, 0.29) is 12.2 Å². The first-order valence-electron chi connectivity index (χ1n) is 7.95. The molecule has 0 spiro atoms. The van der Waals surface area contributed by atoms with Crippen molar-refractivity contribution in [1.29, 1.82) is 0 Å². The second-order valence-corrected chi connectivity index (χ2v) is 6.46. The Balaban J connectivity index is 1.97. The molecule has 0 atom stereocenters. The second-order valence-electron chi connectivity index (χ2n) is 5.36. The van der Waals surface area contributed by atoms with Gasteiger partial charge in [-0.15, -0.1) is 0 Å². The van der Waals surface area contributed by atoms with Crippen molar-refractivity contribution >= 4 is 23.5 Å². The molecule has 0 unspecified atom stereocenters. The molecule has 0 bridgehead atoms. The van der Waals surface area contributed by atoms with E-state index in [0.29, 0.717) is 5.75 Å². The van der Waals surface area contributed by atoms with Gasteiger partial charge >= 0.3 is 5.97 Å². The van der Waals surface area contributed by atoms with Gasteiger partial charge in [-0.3, -0.25) is 9.59 Å². The molecule has 1 aromatic rings. The third-order valence-corrected chi connectivity index (χ3v) is 4.60. The summed E-state index contributed by atoms with van der Waals surface area (Å²) >= 11 is 1.60. The average Bonchev–Trinajstić information content (AvgIpc) is 2.57. The molecule has 0 heterocycles. The molecule has 0 aromatic heterocycles. The predicted molar refractivity (Wildman–Crippen MR) is 94.1 cm³/mol. The van der Waals surface area contributed by atoms with E-state index in [0.717, 1.165) is 24.3 Å². The van der Waals surface area contributed by atoms with E-state index in [2.05, 4.69) is 16.9 Å². The fourth-order valence-corrected chi connectivity index (χ4v) is 3.03. The highest BCUT2D eigenvalue weighted by Gasteiger charge is 2.08. The van der Waals surface area contributed by atoms with Gasteiger partial charge in [-0.25, -0.2) is 0 Å². The van der Waals surface area contributed by atoms with Crippen LogP contribution in [0.3, 0.4) is 0 Å². The Morgan fingerprint density at radius 2 is 1.70 bits per heavy atom. The van der Waals surface area contributed by atoms with E-state index in [1.54, 1.807) is 18.9 Å². The Hall–Kier alpha value is -1.49. The third-order valence-electron chi connectivity index (χ3n) is 3.50. The third kappa shape index (κ3) is 9.29. The molecule has 1 rings (SSSR count). The summed E-state index contributed by atoms with van der Waals surface area (Å²) in [6, 6.07) is 8.22. The molecular formula is C18H26O4S. The van der Waals surface area contributed by atoms with Crippen molar-refractivity contribution in [2.45, 2.75) is 38.5 Å². The van der Waals surface area contributed by atoms with Crippen LogP contribution in [0.5, 0.6) is 5.75 Å². The number of ketones is 1. The molecular weight excluding hydrogens is 312 g/mol. The zero-order valence-corrected chi connectivity index (χ0v) is 14.8. The van der Waals surface area contributed by atoms with E-state index in [4.69, 9.17) is 4.74 Å². The van der Waals surface area contributed by atoms with Gasteiger partial charge in [-0.2, -0.15) is 11.8 Å². The SMILES string of the molecule is COC(=O)CC(=O)CSCCCCCCc1ccc(OC)cc1. The molecule has 0 amide bonds. The van der Waals surface area contributed by atoms with Crippen molar-refractivity contribution < 1.29 is 19.1 Å². The van der Waals surface area contributed by atoms with Gasteiger partial charge in [0, 0.05) is 0 Å². The largest absolute Gasteiger partial charge is 0.497 e. The zero-order valence-electron chi connectivity index (χ0n) is 14.0. The molecule has 0 saturated heterocycles. The first kappa shape index (κ1) is 19.6. The van der Waals surface area contributed by atoms with Crippen LogP contribution >= 0.6 is 11.8 Å². The van der Waals surface area contributed by atoms with E-state index in [1.807, 2.05) is 12.1 Å². The summed E-state index contributed by atoms with van der Waals surface area (Å²) in [4.78, 5) is 22.3. The van der Waals surface area contributed by atoms with Crippen LogP contribution in [0.1, 0.15) is 37.7 Å². The predicted octanol–water partition coefficient (Wildman–Crippen LogP) is 3.66. The summed E-state index contributed by atoms with van der Waals surface area (Å²) in [5.41, 5.74) is 1.34. The Bertz CT molecular complexity index is 470. The van der Waals surface area contributed by atoms with Gasteiger partial charge in [0.1, 0.15) is 12.2 Å². The van der Waals surface area contributed by atoms with Crippen LogP contribution in [-0.4, -0.2) is 37.5 Å². The average molecular weight is 338 g/mol. The minimum Gasteiger partial charge on any atom is -0.497 e. The summed E-state index contributed by atoms with van der Waals surface area (Å²) in [6.45, 7) is 0. The Labute approximate surface area is 142 Å². The summed E-state index contributed by atoms with van der Waals surface area (Å²) in [5, 5.41) is 0. The van der Waals surface area contributed by atoms with Crippen molar-refractivity contribution in [3.63, 3.8) is 0 Å². The molecule has 0 fully saturated rings. The molecule has 0 radical (unpaired) electrons. The second kappa shape index (κ2) is 12.0. The van der Waals surface area contributed by atoms with Crippen LogP contribution in [0.25, 0.3) is 0 Å². The first-order valence-corrected chi connectivity index (χ1v) is 9.10. The number of hydrogen-bond acceptors (Lipinski definition) is 5. The van der Waals surface area contributed by atoms with Crippen molar-refractivity contribution in [2.24, 2.45) is 0 Å². The Morgan fingerprint density at radius 3 is 2.35 bits per heavy atom. The monoisotopic (exact) mass is 338 g/mol. The Morgan fingerprint density at radius 1 is 1.00 bits per heavy atom. The summed E-state index contributed by atoms with van der Waals surface area (Å²) < 4.78 is 9.61. The summed E-state index contributed by atoms with van der Waals surface area (Å²) in [7, 11) is 2.98. The summed E-state index contributed by atoms with van der Waals surface area (Å²) in [6.07, 6.45) is 5.65. The number of methoxy groups -OCH3 is 2. The molecule has 23 heavy (non-hydrogen) atoms. The quantitative estimate of drug-likeness (QED) is 0.331. The van der Waals surface area contributed by atoms with Gasteiger partial charge < -0.3 is 9.47 Å². The zero-order chi connectivity index (χ0) is 16.9. The van der Waals surface area contributed by atoms with Gasteiger partial charge in [-0.05, 0) is 42.7 Å². The fraction of sp³-hybridized carbons (Fsp3) is 0.556. The van der Waals surface area contributed by atoms with Gasteiger partial charge in [0.25, 0.3) is 0 Å². The molecule has 128 valence electrons. The number of Topliss-reactive ketones (excluding diaryl/α,β-unsaturated/α-hetero) is 1. The molecule has 0 aliphatic rings. The van der Waals surface area contributed by atoms with Gasteiger partial charge in [0.2, 0.25) is 0 Å². The number of aryl methyl sites for hydroxylation is 1. The number of ether oxygens (including phenoxy) is 2. The van der Waals surface area contributed by atoms with Crippen molar-refractivity contribution in [3.05, 3.63) is 29.8 Å². The molecule has 0 saturated carbocycles. The van der Waals surface area contributed by atoms with Crippen LogP contribution < -0.4 is 4.74 Å². The minimum atomic E-state index is -0.450. The smallest absolute Gasteiger partial charge is 0.313 e. The van der Waals surface area contributed by atoms with Crippen LogP contribution in [0, 0.1) is 0 Å². The van der Waals surface area contributed by atoms with Crippen molar-refractivity contribution in [1.82, 2.24) is 0 Å². The standard InChI is InChI=1S/C18H26O4S/c1-21-17-10-8-15(9-11-17)7-5-3-4-6-12-23-14-16(19)13-18(20)22-2/h8-11H,3-7,12-14H2,1-2H3. The summed E-state index contributed by atoms with van der Waals surface area (Å²) in [5.74, 6) is 1.76. The van der Waals surface area contributed by atoms with Gasteiger partial charge in [0.05, 0.1) is 20.0 Å². The number of esters is 1. The van der Waals surface area contributed by atoms with Crippen LogP contribution in [0.2, 0.25) is 0 Å². The highest BCUT2D eigenvalue weighted by molar-refractivity contribution is 7.99. The van der Waals surface area contributed by atoms with Crippen LogP contribution in [-0.2, 0) is 20.7 Å². The van der Waals surface area contributed by atoms with E-state index >= 15 is 0 Å². The lowest BCUT2D eigenvalue weighted by Crippen LogP contribution is -2.11. The van der Waals surface area contributed by atoms with Crippen molar-refractivity contribution in [3.8, 4) is 5.75 Å². The van der Waals surface area contributed by atoms with Crippen LogP contribution in [0.15, 0.2) is 24.3 Å². The lowest BCUT2D eigenvalue weighted by molar-refractivity contribution is -0.142. The number of benzene rings is 1. The number of rotatable bonds is 12. The van der Waals surface area contributed by atoms with Crippen LogP contribution in [0.4, 0.5) is 0 Å². The maximum atomic E-state index is 11.4. The maximum absolute atomic E-state index is 11.4. The van der Waals surface area contributed by atoms with Gasteiger partial charge in [0.15, 0.2) is 5.78 Å². The number of thioether (sulfide) groups is 1. The van der Waals surface area contributed by atoms with Crippen molar-refractivity contribution in [2.75, 3.05) is 25.7 Å². The van der Waals surface area contributed by atoms with E-state index in [9.17, 15) is 9.59 Å². The number of hydrogen-bond donors (Lipinski definition) is 0. The number of unbranched alkanes of at least 4 members (excludes halogenated alkanes) is 3. The Kier molecular flexibility index (Phi) is 10.2. The van der Waals surface area contributed by atoms with E-state index in [1.165, 1.54) is 31.9 Å². The number of carbonyl (C=O) groups is 2. The highest BCUT2D eigenvalue weighted by Crippen LogP contribution is 2.14. The molecule has 5 heteroatoms. The lowest BCUT2D eigenvalue weighted by atomic mass is 10.1. The van der Waals surface area contributed by atoms with E-state index < -0.39 is 5.97 Å². The molecule has 4 nitrogen and oxygen atoms in total. The normalized spacial score (nSPS) is 10.3. The van der Waals surface area contributed by atoms with Gasteiger partial charge in [-0.1, -0.05) is 25.0 Å². The fourth-order valence-electron chi connectivity index (χ4n) is 2.15. The first-order chi connectivity index (χ1) is 11.2. The topological polar surface area (TPSA) is 52.6 Å². The molecule has 0 N–H and O–H groups in total. The number of carbonyl (C=O) groups excluding carboxylic acids is 2. The molecule has 0 aliphatic carbocycles. The molecule has 0 aliphatic heterocycles.